The lowest BCUT2D eigenvalue weighted by atomic mass is 10.0. The first-order chi connectivity index (χ1) is 16.0. The molecule has 0 radical (unpaired) electrons. The van der Waals surface area contributed by atoms with Gasteiger partial charge in [0, 0.05) is 50.9 Å². The zero-order valence-corrected chi connectivity index (χ0v) is 19.7. The Bertz CT molecular complexity index is 1170. The number of nitrogens with zero attached hydrogens (tertiary/aromatic N) is 5. The number of halogens is 2. The molecular weight excluding hydrogens is 439 g/mol. The molecule has 5 rings (SSSR count). The van der Waals surface area contributed by atoms with Crippen molar-refractivity contribution in [2.75, 3.05) is 52.2 Å². The molecule has 3 aromatic rings. The number of fused-ring (bicyclic) bond motifs is 1. The summed E-state index contributed by atoms with van der Waals surface area (Å²) in [6, 6.07) is 16.6. The van der Waals surface area contributed by atoms with Crippen molar-refractivity contribution >= 4 is 28.1 Å². The van der Waals surface area contributed by atoms with Crippen LogP contribution in [-0.4, -0.2) is 71.4 Å². The Morgan fingerprint density at radius 3 is 2.39 bits per heavy atom. The van der Waals surface area contributed by atoms with Gasteiger partial charge in [0.2, 0.25) is 0 Å². The van der Waals surface area contributed by atoms with Crippen LogP contribution >= 0.6 is 11.6 Å². The number of likely N-dealkylation sites (N-methyl/N-ethyl adjacent to an activating group) is 1. The van der Waals surface area contributed by atoms with Crippen molar-refractivity contribution in [3.63, 3.8) is 0 Å². The Kier molecular flexibility index (Phi) is 6.10. The van der Waals surface area contributed by atoms with Crippen molar-refractivity contribution in [3.05, 3.63) is 71.5 Å². The molecule has 172 valence electrons. The van der Waals surface area contributed by atoms with E-state index in [-0.39, 0.29) is 5.82 Å². The maximum absolute atomic E-state index is 14.1. The average Bonchev–Trinajstić information content (AvgIpc) is 3.18. The third-order valence-electron chi connectivity index (χ3n) is 6.36. The van der Waals surface area contributed by atoms with E-state index in [9.17, 15) is 4.39 Å². The van der Waals surface area contributed by atoms with Gasteiger partial charge in [-0.1, -0.05) is 54.1 Å². The third kappa shape index (κ3) is 4.36. The van der Waals surface area contributed by atoms with Crippen LogP contribution in [0.5, 0.6) is 0 Å². The summed E-state index contributed by atoms with van der Waals surface area (Å²) in [5, 5.41) is 7.45. The molecule has 6 nitrogen and oxygen atoms in total. The van der Waals surface area contributed by atoms with E-state index in [0.29, 0.717) is 22.8 Å². The highest BCUT2D eigenvalue weighted by atomic mass is 35.5. The van der Waals surface area contributed by atoms with Crippen molar-refractivity contribution in [1.82, 2.24) is 24.6 Å². The molecule has 1 fully saturated rings. The lowest BCUT2D eigenvalue weighted by Crippen LogP contribution is -2.45. The number of piperazine rings is 1. The van der Waals surface area contributed by atoms with Gasteiger partial charge in [0.05, 0.1) is 22.8 Å². The summed E-state index contributed by atoms with van der Waals surface area (Å²) in [6.45, 7) is 5.84. The van der Waals surface area contributed by atoms with Crippen LogP contribution in [0.15, 0.2) is 54.6 Å². The van der Waals surface area contributed by atoms with Crippen molar-refractivity contribution in [2.45, 2.75) is 6.54 Å². The Balaban J connectivity index is 1.56. The maximum Gasteiger partial charge on any atom is 0.152 e. The lowest BCUT2D eigenvalue weighted by Gasteiger charge is -2.33. The van der Waals surface area contributed by atoms with Crippen LogP contribution in [0, 0.1) is 5.82 Å². The van der Waals surface area contributed by atoms with Gasteiger partial charge in [0.15, 0.2) is 5.82 Å². The molecule has 0 atom stereocenters. The summed E-state index contributed by atoms with van der Waals surface area (Å²) in [7, 11) is 4.11. The van der Waals surface area contributed by atoms with Gasteiger partial charge in [0.1, 0.15) is 11.5 Å². The Morgan fingerprint density at radius 1 is 0.939 bits per heavy atom. The van der Waals surface area contributed by atoms with E-state index in [2.05, 4.69) is 22.3 Å². The number of hydrogen-bond acceptors (Lipinski definition) is 5. The van der Waals surface area contributed by atoms with Gasteiger partial charge >= 0.3 is 0 Å². The van der Waals surface area contributed by atoms with E-state index >= 15 is 0 Å². The number of hydrazine groups is 1. The molecule has 33 heavy (non-hydrogen) atoms. The summed E-state index contributed by atoms with van der Waals surface area (Å²) < 4.78 is 16.1. The van der Waals surface area contributed by atoms with E-state index in [1.165, 1.54) is 12.1 Å². The summed E-state index contributed by atoms with van der Waals surface area (Å²) in [4.78, 5) is 4.80. The highest BCUT2D eigenvalue weighted by Crippen LogP contribution is 2.44. The van der Waals surface area contributed by atoms with Crippen molar-refractivity contribution < 1.29 is 4.39 Å². The van der Waals surface area contributed by atoms with Crippen LogP contribution in [-0.2, 0) is 6.54 Å². The molecule has 0 spiro atoms. The Hall–Kier alpha value is -2.87. The molecule has 2 aliphatic heterocycles. The van der Waals surface area contributed by atoms with Crippen molar-refractivity contribution in [2.24, 2.45) is 0 Å². The topological polar surface area (TPSA) is 39.6 Å². The average molecular weight is 467 g/mol. The molecule has 1 saturated heterocycles. The minimum atomic E-state index is -0.294. The summed E-state index contributed by atoms with van der Waals surface area (Å²) in [5.74, 6) is 0.535. The summed E-state index contributed by atoms with van der Waals surface area (Å²) in [5.41, 5.74) is 7.53. The van der Waals surface area contributed by atoms with Gasteiger partial charge in [-0.3, -0.25) is 15.3 Å². The largest absolute Gasteiger partial charge is 0.304 e. The standard InChI is InChI=1S/C25H28ClFN6/c1-30-11-13-32(14-12-30)15-16-33-25-21(23(28-33)19-9-6-10-20(27)17-19)22(26)24(31(2)29-25)18-7-4-3-5-8-18/h3-10,17,29H,11-16H2,1-2H3. The van der Waals surface area contributed by atoms with Crippen LogP contribution in [0.3, 0.4) is 0 Å². The fraction of sp³-hybridized carbons (Fsp3) is 0.320. The van der Waals surface area contributed by atoms with Crippen LogP contribution < -0.4 is 5.43 Å². The van der Waals surface area contributed by atoms with E-state index in [1.54, 1.807) is 6.07 Å². The third-order valence-corrected chi connectivity index (χ3v) is 6.73. The Labute approximate surface area is 198 Å². The zero-order chi connectivity index (χ0) is 22.9. The SMILES string of the molecule is CN1CCN(CCn2nc(-c3cccc(F)c3)c3c2NN(C)C(c2ccccc2)=C3Cl)CC1. The minimum Gasteiger partial charge on any atom is -0.304 e. The van der Waals surface area contributed by atoms with Gasteiger partial charge in [-0.2, -0.15) is 5.10 Å². The summed E-state index contributed by atoms with van der Waals surface area (Å²) >= 11 is 7.05. The van der Waals surface area contributed by atoms with Crippen LogP contribution in [0.1, 0.15) is 11.1 Å². The predicted molar refractivity (Wildman–Crippen MR) is 132 cm³/mol. The molecule has 0 amide bonds. The van der Waals surface area contributed by atoms with E-state index < -0.39 is 0 Å². The van der Waals surface area contributed by atoms with Gasteiger partial charge in [-0.25, -0.2) is 9.07 Å². The van der Waals surface area contributed by atoms with Gasteiger partial charge in [0.25, 0.3) is 0 Å². The molecule has 0 saturated carbocycles. The molecule has 3 heterocycles. The number of nitrogens with one attached hydrogen (secondary N) is 1. The van der Waals surface area contributed by atoms with Gasteiger partial charge in [-0.05, 0) is 19.2 Å². The molecule has 0 unspecified atom stereocenters. The molecule has 2 aromatic carbocycles. The number of benzene rings is 2. The van der Waals surface area contributed by atoms with Crippen LogP contribution in [0.4, 0.5) is 10.2 Å². The number of rotatable bonds is 5. The van der Waals surface area contributed by atoms with E-state index in [0.717, 1.165) is 55.4 Å². The first-order valence-electron chi connectivity index (χ1n) is 11.2. The quantitative estimate of drug-likeness (QED) is 0.608. The molecule has 2 aliphatic rings. The predicted octanol–water partition coefficient (Wildman–Crippen LogP) is 4.27. The van der Waals surface area contributed by atoms with Crippen LogP contribution in [0.2, 0.25) is 0 Å². The fourth-order valence-electron chi connectivity index (χ4n) is 4.49. The molecule has 1 N–H and O–H groups in total. The highest BCUT2D eigenvalue weighted by molar-refractivity contribution is 6.53. The first kappa shape index (κ1) is 21.9. The van der Waals surface area contributed by atoms with E-state index in [1.807, 2.05) is 53.1 Å². The van der Waals surface area contributed by atoms with Crippen molar-refractivity contribution in [3.8, 4) is 11.3 Å². The normalized spacial score (nSPS) is 17.3. The molecule has 0 aliphatic carbocycles. The maximum atomic E-state index is 14.1. The first-order valence-corrected chi connectivity index (χ1v) is 11.6. The highest BCUT2D eigenvalue weighted by Gasteiger charge is 2.31. The van der Waals surface area contributed by atoms with Crippen LogP contribution in [0.25, 0.3) is 22.0 Å². The summed E-state index contributed by atoms with van der Waals surface area (Å²) in [6.07, 6.45) is 0. The lowest BCUT2D eigenvalue weighted by molar-refractivity contribution is 0.149. The second kappa shape index (κ2) is 9.17. The van der Waals surface area contributed by atoms with E-state index in [4.69, 9.17) is 16.7 Å². The van der Waals surface area contributed by atoms with Gasteiger partial charge < -0.3 is 4.90 Å². The minimum absolute atomic E-state index is 0.294. The second-order valence-corrected chi connectivity index (χ2v) is 9.03. The number of aromatic nitrogens is 2. The van der Waals surface area contributed by atoms with Gasteiger partial charge in [-0.15, -0.1) is 0 Å². The molecular formula is C25H28ClFN6. The molecule has 0 bridgehead atoms. The number of anilines is 1. The second-order valence-electron chi connectivity index (χ2n) is 8.65. The fourth-order valence-corrected chi connectivity index (χ4v) is 4.90. The molecule has 1 aromatic heterocycles. The van der Waals surface area contributed by atoms with Crippen molar-refractivity contribution in [1.29, 1.82) is 0 Å². The number of hydrogen-bond donors (Lipinski definition) is 1. The monoisotopic (exact) mass is 466 g/mol. The zero-order valence-electron chi connectivity index (χ0n) is 18.9. The molecule has 8 heteroatoms. The smallest absolute Gasteiger partial charge is 0.152 e. The Morgan fingerprint density at radius 2 is 1.67 bits per heavy atom.